The van der Waals surface area contributed by atoms with Crippen molar-refractivity contribution in [1.29, 1.82) is 0 Å². The van der Waals surface area contributed by atoms with Gasteiger partial charge in [0.05, 0.1) is 5.69 Å². The van der Waals surface area contributed by atoms with Crippen LogP contribution in [0.25, 0.3) is 0 Å². The van der Waals surface area contributed by atoms with E-state index in [1.165, 1.54) is 0 Å². The van der Waals surface area contributed by atoms with E-state index in [1.54, 1.807) is 24.5 Å². The first kappa shape index (κ1) is 11.4. The van der Waals surface area contributed by atoms with Crippen LogP contribution in [0.3, 0.4) is 0 Å². The molecule has 1 aromatic heterocycles. The van der Waals surface area contributed by atoms with Gasteiger partial charge in [-0.05, 0) is 29.3 Å². The van der Waals surface area contributed by atoms with Gasteiger partial charge in [-0.1, -0.05) is 12.1 Å². The number of benzene rings is 1. The van der Waals surface area contributed by atoms with E-state index in [9.17, 15) is 5.11 Å². The van der Waals surface area contributed by atoms with Crippen LogP contribution in [-0.2, 0) is 13.1 Å². The van der Waals surface area contributed by atoms with Crippen molar-refractivity contribution in [2.75, 3.05) is 5.32 Å². The molecule has 4 N–H and O–H groups in total. The zero-order valence-corrected chi connectivity index (χ0v) is 9.43. The summed E-state index contributed by atoms with van der Waals surface area (Å²) in [5.41, 5.74) is 8.30. The first-order valence-electron chi connectivity index (χ1n) is 5.44. The SMILES string of the molecule is NCc1cncc(CNc2ccccc2O)c1. The van der Waals surface area contributed by atoms with E-state index < -0.39 is 0 Å². The first-order chi connectivity index (χ1) is 8.29. The second-order valence-corrected chi connectivity index (χ2v) is 3.78. The molecule has 2 rings (SSSR count). The lowest BCUT2D eigenvalue weighted by atomic mass is 10.2. The molecule has 4 nitrogen and oxygen atoms in total. The maximum atomic E-state index is 9.59. The molecule has 0 aliphatic carbocycles. The number of hydrogen-bond acceptors (Lipinski definition) is 4. The molecule has 0 fully saturated rings. The number of pyridine rings is 1. The number of aromatic nitrogens is 1. The van der Waals surface area contributed by atoms with E-state index >= 15 is 0 Å². The summed E-state index contributed by atoms with van der Waals surface area (Å²) in [6.45, 7) is 1.09. The maximum absolute atomic E-state index is 9.59. The molecule has 0 saturated carbocycles. The summed E-state index contributed by atoms with van der Waals surface area (Å²) in [6, 6.07) is 9.14. The minimum Gasteiger partial charge on any atom is -0.506 e. The minimum atomic E-state index is 0.246. The molecule has 0 radical (unpaired) electrons. The van der Waals surface area contributed by atoms with Crippen molar-refractivity contribution in [3.05, 3.63) is 53.9 Å². The van der Waals surface area contributed by atoms with Crippen molar-refractivity contribution >= 4 is 5.69 Å². The molecule has 4 heteroatoms. The molecule has 88 valence electrons. The highest BCUT2D eigenvalue weighted by molar-refractivity contribution is 5.55. The Morgan fingerprint density at radius 3 is 2.71 bits per heavy atom. The predicted molar refractivity (Wildman–Crippen MR) is 67.6 cm³/mol. The maximum Gasteiger partial charge on any atom is 0.138 e. The summed E-state index contributed by atoms with van der Waals surface area (Å²) >= 11 is 0. The molecule has 1 heterocycles. The highest BCUT2D eigenvalue weighted by atomic mass is 16.3. The molecule has 0 amide bonds. The zero-order valence-electron chi connectivity index (χ0n) is 9.43. The van der Waals surface area contributed by atoms with Crippen molar-refractivity contribution in [2.24, 2.45) is 5.73 Å². The summed E-state index contributed by atoms with van der Waals surface area (Å²) in [5.74, 6) is 0.246. The summed E-state index contributed by atoms with van der Waals surface area (Å²) in [4.78, 5) is 4.11. The number of phenols is 1. The predicted octanol–water partition coefficient (Wildman–Crippen LogP) is 1.86. The van der Waals surface area contributed by atoms with Crippen molar-refractivity contribution < 1.29 is 5.11 Å². The van der Waals surface area contributed by atoms with Crippen LogP contribution in [0.15, 0.2) is 42.7 Å². The molecular formula is C13H15N3O. The molecule has 2 aromatic rings. The smallest absolute Gasteiger partial charge is 0.138 e. The fourth-order valence-corrected chi connectivity index (χ4v) is 1.57. The van der Waals surface area contributed by atoms with Gasteiger partial charge in [0.2, 0.25) is 0 Å². The lowest BCUT2D eigenvalue weighted by Crippen LogP contribution is -2.03. The standard InChI is InChI=1S/C13H15N3O/c14-6-10-5-11(8-15-7-10)9-16-12-3-1-2-4-13(12)17/h1-5,7-8,16-17H,6,9,14H2. The molecule has 17 heavy (non-hydrogen) atoms. The minimum absolute atomic E-state index is 0.246. The third-order valence-corrected chi connectivity index (χ3v) is 2.47. The quantitative estimate of drug-likeness (QED) is 0.700. The largest absolute Gasteiger partial charge is 0.506 e. The topological polar surface area (TPSA) is 71.2 Å². The number of nitrogens with two attached hydrogens (primary N) is 1. The fraction of sp³-hybridized carbons (Fsp3) is 0.154. The van der Waals surface area contributed by atoms with Crippen molar-refractivity contribution in [2.45, 2.75) is 13.1 Å². The number of phenolic OH excluding ortho intramolecular Hbond substituents is 1. The molecule has 1 aromatic carbocycles. The van der Waals surface area contributed by atoms with Crippen LogP contribution < -0.4 is 11.1 Å². The van der Waals surface area contributed by atoms with Crippen LogP contribution in [-0.4, -0.2) is 10.1 Å². The number of nitrogens with zero attached hydrogens (tertiary/aromatic N) is 1. The van der Waals surface area contributed by atoms with Gasteiger partial charge < -0.3 is 16.2 Å². The van der Waals surface area contributed by atoms with E-state index in [0.29, 0.717) is 18.8 Å². The average Bonchev–Trinajstić information content (AvgIpc) is 2.38. The number of nitrogens with one attached hydrogen (secondary N) is 1. The van der Waals surface area contributed by atoms with Gasteiger partial charge in [-0.25, -0.2) is 0 Å². The molecule has 0 atom stereocenters. The molecular weight excluding hydrogens is 214 g/mol. The van der Waals surface area contributed by atoms with Crippen molar-refractivity contribution in [3.63, 3.8) is 0 Å². The Labute approximate surface area is 100 Å². The van der Waals surface area contributed by atoms with Crippen molar-refractivity contribution in [3.8, 4) is 5.75 Å². The van der Waals surface area contributed by atoms with E-state index in [-0.39, 0.29) is 5.75 Å². The van der Waals surface area contributed by atoms with Gasteiger partial charge in [0.25, 0.3) is 0 Å². The van der Waals surface area contributed by atoms with Gasteiger partial charge in [-0.3, -0.25) is 4.98 Å². The highest BCUT2D eigenvalue weighted by Crippen LogP contribution is 2.22. The van der Waals surface area contributed by atoms with E-state index in [2.05, 4.69) is 10.3 Å². The van der Waals surface area contributed by atoms with Crippen LogP contribution in [0, 0.1) is 0 Å². The molecule has 0 unspecified atom stereocenters. The highest BCUT2D eigenvalue weighted by Gasteiger charge is 2.00. The monoisotopic (exact) mass is 229 g/mol. The average molecular weight is 229 g/mol. The normalized spacial score (nSPS) is 10.2. The van der Waals surface area contributed by atoms with Gasteiger partial charge in [0, 0.05) is 25.5 Å². The lowest BCUT2D eigenvalue weighted by molar-refractivity contribution is 0.477. The number of aromatic hydroxyl groups is 1. The van der Waals surface area contributed by atoms with Crippen LogP contribution in [0.5, 0.6) is 5.75 Å². The number of rotatable bonds is 4. The lowest BCUT2D eigenvalue weighted by Gasteiger charge is -2.08. The van der Waals surface area contributed by atoms with Crippen LogP contribution >= 0.6 is 0 Å². The van der Waals surface area contributed by atoms with Crippen LogP contribution in [0.2, 0.25) is 0 Å². The van der Waals surface area contributed by atoms with Gasteiger partial charge in [-0.2, -0.15) is 0 Å². The Balaban J connectivity index is 2.05. The zero-order chi connectivity index (χ0) is 12.1. The Kier molecular flexibility index (Phi) is 3.57. The second kappa shape index (κ2) is 5.32. The second-order valence-electron chi connectivity index (χ2n) is 3.78. The molecule has 0 aliphatic heterocycles. The fourth-order valence-electron chi connectivity index (χ4n) is 1.57. The summed E-state index contributed by atoms with van der Waals surface area (Å²) in [7, 11) is 0. The van der Waals surface area contributed by atoms with Gasteiger partial charge in [0.15, 0.2) is 0 Å². The Bertz CT molecular complexity index is 500. The van der Waals surface area contributed by atoms with E-state index in [4.69, 9.17) is 5.73 Å². The third kappa shape index (κ3) is 2.95. The molecule has 0 saturated heterocycles. The number of anilines is 1. The number of hydrogen-bond donors (Lipinski definition) is 3. The van der Waals surface area contributed by atoms with Gasteiger partial charge in [-0.15, -0.1) is 0 Å². The van der Waals surface area contributed by atoms with Gasteiger partial charge in [0.1, 0.15) is 5.75 Å². The summed E-state index contributed by atoms with van der Waals surface area (Å²) in [5, 5.41) is 12.7. The molecule has 0 bridgehead atoms. The van der Waals surface area contributed by atoms with Crippen LogP contribution in [0.1, 0.15) is 11.1 Å². The number of para-hydroxylation sites is 2. The van der Waals surface area contributed by atoms with Gasteiger partial charge >= 0.3 is 0 Å². The van der Waals surface area contributed by atoms with Crippen molar-refractivity contribution in [1.82, 2.24) is 4.98 Å². The Hall–Kier alpha value is -2.07. The summed E-state index contributed by atoms with van der Waals surface area (Å²) < 4.78 is 0. The third-order valence-electron chi connectivity index (χ3n) is 2.47. The first-order valence-corrected chi connectivity index (χ1v) is 5.44. The van der Waals surface area contributed by atoms with E-state index in [1.807, 2.05) is 18.2 Å². The molecule has 0 spiro atoms. The van der Waals surface area contributed by atoms with Crippen LogP contribution in [0.4, 0.5) is 5.69 Å². The Morgan fingerprint density at radius 2 is 1.94 bits per heavy atom. The summed E-state index contributed by atoms with van der Waals surface area (Å²) in [6.07, 6.45) is 3.54. The molecule has 0 aliphatic rings. The Morgan fingerprint density at radius 1 is 1.18 bits per heavy atom. The van der Waals surface area contributed by atoms with E-state index in [0.717, 1.165) is 11.1 Å².